The van der Waals surface area contributed by atoms with E-state index in [9.17, 15) is 22.6 Å². The summed E-state index contributed by atoms with van der Waals surface area (Å²) in [6, 6.07) is 7.82. The van der Waals surface area contributed by atoms with Crippen LogP contribution in [-0.2, 0) is 23.9 Å². The van der Waals surface area contributed by atoms with Crippen LogP contribution in [0.25, 0.3) is 0 Å². The van der Waals surface area contributed by atoms with Crippen LogP contribution in [0.3, 0.4) is 0 Å². The van der Waals surface area contributed by atoms with Crippen molar-refractivity contribution in [1.29, 1.82) is 0 Å². The van der Waals surface area contributed by atoms with E-state index in [1.54, 1.807) is 6.07 Å². The van der Waals surface area contributed by atoms with Crippen molar-refractivity contribution in [3.8, 4) is 0 Å². The zero-order valence-electron chi connectivity index (χ0n) is 10.1. The number of rotatable bonds is 2. The third-order valence-electron chi connectivity index (χ3n) is 2.72. The lowest BCUT2D eigenvalue weighted by Gasteiger charge is -2.13. The van der Waals surface area contributed by atoms with Crippen LogP contribution < -0.4 is 0 Å². The lowest BCUT2D eigenvalue weighted by molar-refractivity contribution is -0.137. The standard InChI is InChI=1S/C13H9F3NO2S/c14-13(15,16)11-5-1-3-9(8-11)7-10-4-2-6-17(18)12(10)20-19/h1-6,8H,7H2/q-1. The van der Waals surface area contributed by atoms with Crippen LogP contribution in [0.15, 0.2) is 42.6 Å². The van der Waals surface area contributed by atoms with Crippen LogP contribution in [0.2, 0.25) is 0 Å². The highest BCUT2D eigenvalue weighted by Gasteiger charge is 2.30. The number of benzene rings is 1. The minimum absolute atomic E-state index is 0.0293. The summed E-state index contributed by atoms with van der Waals surface area (Å²) in [4.78, 5) is 0. The summed E-state index contributed by atoms with van der Waals surface area (Å²) in [5, 5.41) is 11.4. The molecule has 0 saturated heterocycles. The SMILES string of the molecule is O=S=c1c(Cc2cccc(C(F)(F)F)c2)cccn1[O-]. The van der Waals surface area contributed by atoms with Crippen molar-refractivity contribution in [2.45, 2.75) is 12.6 Å². The highest BCUT2D eigenvalue weighted by atomic mass is 32.1. The molecule has 0 unspecified atom stereocenters. The van der Waals surface area contributed by atoms with Gasteiger partial charge in [-0.15, -0.1) is 0 Å². The van der Waals surface area contributed by atoms with Crippen molar-refractivity contribution < 1.29 is 17.4 Å². The third kappa shape index (κ3) is 3.11. The van der Waals surface area contributed by atoms with Gasteiger partial charge in [-0.3, -0.25) is 0 Å². The topological polar surface area (TPSA) is 45.1 Å². The van der Waals surface area contributed by atoms with E-state index < -0.39 is 11.7 Å². The van der Waals surface area contributed by atoms with Gasteiger partial charge in [-0.2, -0.15) is 13.2 Å². The molecule has 0 spiro atoms. The second kappa shape index (κ2) is 5.54. The van der Waals surface area contributed by atoms with Gasteiger partial charge in [-0.05, 0) is 29.5 Å². The zero-order valence-corrected chi connectivity index (χ0v) is 10.9. The van der Waals surface area contributed by atoms with Crippen LogP contribution in [0, 0.1) is 9.85 Å². The lowest BCUT2D eigenvalue weighted by Crippen LogP contribution is -2.05. The average molecular weight is 300 g/mol. The first-order chi connectivity index (χ1) is 9.41. The zero-order chi connectivity index (χ0) is 14.8. The molecular formula is C13H9F3NO2S-. The largest absolute Gasteiger partial charge is 0.805 e. The van der Waals surface area contributed by atoms with Gasteiger partial charge >= 0.3 is 6.18 Å². The molecule has 1 heterocycles. The van der Waals surface area contributed by atoms with Crippen molar-refractivity contribution in [2.24, 2.45) is 0 Å². The summed E-state index contributed by atoms with van der Waals surface area (Å²) in [6.45, 7) is 0. The molecule has 2 rings (SSSR count). The van der Waals surface area contributed by atoms with E-state index in [0.717, 1.165) is 12.1 Å². The molecule has 0 N–H and O–H groups in total. The molecule has 3 nitrogen and oxygen atoms in total. The molecule has 1 aromatic heterocycles. The summed E-state index contributed by atoms with van der Waals surface area (Å²) in [6.07, 6.45) is -3.14. The van der Waals surface area contributed by atoms with E-state index in [1.807, 2.05) is 0 Å². The summed E-state index contributed by atoms with van der Waals surface area (Å²) in [5.74, 6) is 0. The molecule has 0 aliphatic heterocycles. The van der Waals surface area contributed by atoms with Gasteiger partial charge in [0.15, 0.2) is 0 Å². The molecule has 20 heavy (non-hydrogen) atoms. The van der Waals surface area contributed by atoms with E-state index in [-0.39, 0.29) is 22.3 Å². The van der Waals surface area contributed by atoms with Crippen LogP contribution in [0.5, 0.6) is 0 Å². The van der Waals surface area contributed by atoms with E-state index in [2.05, 4.69) is 0 Å². The van der Waals surface area contributed by atoms with Crippen LogP contribution in [0.1, 0.15) is 16.7 Å². The third-order valence-corrected chi connectivity index (χ3v) is 3.32. The van der Waals surface area contributed by atoms with Gasteiger partial charge in [-0.1, -0.05) is 24.3 Å². The molecule has 0 saturated carbocycles. The van der Waals surface area contributed by atoms with Crippen LogP contribution in [0.4, 0.5) is 13.2 Å². The second-order valence-corrected chi connectivity index (χ2v) is 4.68. The first kappa shape index (κ1) is 14.4. The number of hydrogen-bond donors (Lipinski definition) is 0. The molecule has 0 atom stereocenters. The fraction of sp³-hybridized carbons (Fsp3) is 0.154. The van der Waals surface area contributed by atoms with Gasteiger partial charge in [0.25, 0.3) is 0 Å². The summed E-state index contributed by atoms with van der Waals surface area (Å²) in [5.41, 5.74) is 0.0420. The quantitative estimate of drug-likeness (QED) is 0.800. The first-order valence-electron chi connectivity index (χ1n) is 5.59. The summed E-state index contributed by atoms with van der Waals surface area (Å²) in [7, 11) is 0. The fourth-order valence-corrected chi connectivity index (χ4v) is 2.20. The Kier molecular flexibility index (Phi) is 3.99. The van der Waals surface area contributed by atoms with Crippen LogP contribution in [-0.4, -0.2) is 8.94 Å². The Morgan fingerprint density at radius 1 is 1.20 bits per heavy atom. The fourth-order valence-electron chi connectivity index (χ4n) is 1.82. The average Bonchev–Trinajstić information content (AvgIpc) is 2.38. The predicted octanol–water partition coefficient (Wildman–Crippen LogP) is 3.19. The molecule has 0 aliphatic rings. The van der Waals surface area contributed by atoms with Crippen LogP contribution >= 0.6 is 0 Å². The van der Waals surface area contributed by atoms with E-state index in [4.69, 9.17) is 0 Å². The molecule has 2 aromatic rings. The van der Waals surface area contributed by atoms with Gasteiger partial charge in [0, 0.05) is 6.42 Å². The van der Waals surface area contributed by atoms with Crippen molar-refractivity contribution in [3.63, 3.8) is 0 Å². The Hall–Kier alpha value is -2.02. The minimum Gasteiger partial charge on any atom is -0.805 e. The van der Waals surface area contributed by atoms with Crippen molar-refractivity contribution in [2.75, 3.05) is 0 Å². The summed E-state index contributed by atoms with van der Waals surface area (Å²) < 4.78 is 49.1. The van der Waals surface area contributed by atoms with Gasteiger partial charge in [0.1, 0.15) is 15.9 Å². The molecule has 7 heteroatoms. The summed E-state index contributed by atoms with van der Waals surface area (Å²) >= 11 is 0.0293. The highest BCUT2D eigenvalue weighted by molar-refractivity contribution is 7.56. The molecule has 0 fully saturated rings. The van der Waals surface area contributed by atoms with Crippen molar-refractivity contribution in [1.82, 2.24) is 4.73 Å². The number of hydrogen-bond acceptors (Lipinski definition) is 2. The normalized spacial score (nSPS) is 11.3. The van der Waals surface area contributed by atoms with Crippen molar-refractivity contribution in [3.05, 3.63) is 69.1 Å². The van der Waals surface area contributed by atoms with Gasteiger partial charge in [0.2, 0.25) is 0 Å². The first-order valence-corrected chi connectivity index (χ1v) is 6.33. The number of pyridine rings is 1. The molecular weight excluding hydrogens is 291 g/mol. The maximum atomic E-state index is 12.6. The Labute approximate surface area is 116 Å². The monoisotopic (exact) mass is 300 g/mol. The Morgan fingerprint density at radius 3 is 2.60 bits per heavy atom. The maximum Gasteiger partial charge on any atom is 0.416 e. The van der Waals surface area contributed by atoms with E-state index >= 15 is 0 Å². The minimum atomic E-state index is -4.42. The lowest BCUT2D eigenvalue weighted by atomic mass is 10.0. The smallest absolute Gasteiger partial charge is 0.416 e. The van der Waals surface area contributed by atoms with Crippen molar-refractivity contribution >= 4 is 11.3 Å². The molecule has 0 bridgehead atoms. The highest BCUT2D eigenvalue weighted by Crippen LogP contribution is 2.29. The number of aromatic nitrogens is 1. The van der Waals surface area contributed by atoms with Gasteiger partial charge in [0.05, 0.1) is 5.56 Å². The van der Waals surface area contributed by atoms with Gasteiger partial charge < -0.3 is 9.94 Å². The molecule has 0 radical (unpaired) electrons. The van der Waals surface area contributed by atoms with E-state index in [1.165, 1.54) is 24.4 Å². The predicted molar refractivity (Wildman–Crippen MR) is 68.8 cm³/mol. The number of nitrogens with zero attached hydrogens (tertiary/aromatic N) is 1. The molecule has 1 aromatic carbocycles. The second-order valence-electron chi connectivity index (χ2n) is 4.12. The maximum absolute atomic E-state index is 12.6. The number of alkyl halides is 3. The Balaban J connectivity index is 2.42. The van der Waals surface area contributed by atoms with Gasteiger partial charge in [-0.25, -0.2) is 4.21 Å². The number of halogens is 3. The molecule has 0 aliphatic carbocycles. The molecule has 106 valence electrons. The molecule has 0 amide bonds. The Morgan fingerprint density at radius 2 is 1.95 bits per heavy atom. The Bertz CT molecular complexity index is 718. The van der Waals surface area contributed by atoms with E-state index in [0.29, 0.717) is 15.9 Å².